The van der Waals surface area contributed by atoms with Gasteiger partial charge in [-0.15, -0.1) is 0 Å². The van der Waals surface area contributed by atoms with E-state index in [0.29, 0.717) is 71.1 Å². The van der Waals surface area contributed by atoms with Crippen LogP contribution in [-0.2, 0) is 4.74 Å². The van der Waals surface area contributed by atoms with E-state index >= 15 is 0 Å². The summed E-state index contributed by atoms with van der Waals surface area (Å²) in [7, 11) is 0. The Balaban J connectivity index is 1.35. The van der Waals surface area contributed by atoms with E-state index in [1.54, 1.807) is 35.2 Å². The van der Waals surface area contributed by atoms with Crippen LogP contribution in [0.1, 0.15) is 38.1 Å². The van der Waals surface area contributed by atoms with Crippen LogP contribution in [0.5, 0.6) is 0 Å². The predicted octanol–water partition coefficient (Wildman–Crippen LogP) is 3.87. The van der Waals surface area contributed by atoms with E-state index in [1.165, 1.54) is 6.20 Å². The van der Waals surface area contributed by atoms with Gasteiger partial charge in [0.25, 0.3) is 5.56 Å². The Kier molecular flexibility index (Phi) is 7.87. The van der Waals surface area contributed by atoms with Crippen molar-refractivity contribution in [1.82, 2.24) is 29.8 Å². The zero-order valence-corrected chi connectivity index (χ0v) is 24.1. The lowest BCUT2D eigenvalue weighted by molar-refractivity contribution is 0.0240. The van der Waals surface area contributed by atoms with Gasteiger partial charge in [0.1, 0.15) is 22.5 Å². The number of rotatable bonds is 6. The number of aromatic nitrogens is 5. The Labute approximate surface area is 241 Å². The quantitative estimate of drug-likeness (QED) is 0.266. The molecule has 3 aromatic heterocycles. The molecule has 0 bridgehead atoms. The zero-order chi connectivity index (χ0) is 29.3. The highest BCUT2D eigenvalue weighted by atomic mass is 35.5. The molecule has 1 aliphatic heterocycles. The maximum Gasteiger partial charge on any atom is 0.410 e. The number of aliphatic hydroxyl groups excluding tert-OH is 1. The molecule has 216 valence electrons. The molecule has 13 heteroatoms. The zero-order valence-electron chi connectivity index (χ0n) is 23.4. The van der Waals surface area contributed by atoms with Crippen molar-refractivity contribution >= 4 is 40.5 Å². The number of halogens is 1. The lowest BCUT2D eigenvalue weighted by atomic mass is 10.1. The van der Waals surface area contributed by atoms with Crippen LogP contribution >= 0.6 is 11.6 Å². The standard InChI is InChI=1S/C28H33ClN8O4/c1-16-22-24(35-26(32-16)36-10-12-37(13-11-36)27(40)41-28(2,3)4)34-23(33-22)21-19(8-9-30-25(21)39)31-15-20(38)17-6-5-7-18(29)14-17/h5-9,14,20,38H,10-13,15H2,1-4H3,(H2,30,31,39)(H,32,33,34,35)/t20-/m1/s1. The minimum Gasteiger partial charge on any atom is -0.444 e. The molecule has 4 N–H and O–H groups in total. The Morgan fingerprint density at radius 2 is 1.93 bits per heavy atom. The molecule has 1 saturated heterocycles. The molecule has 1 fully saturated rings. The van der Waals surface area contributed by atoms with Gasteiger partial charge in [-0.1, -0.05) is 23.7 Å². The third kappa shape index (κ3) is 6.44. The molecule has 0 aliphatic carbocycles. The first kappa shape index (κ1) is 28.4. The minimum absolute atomic E-state index is 0.148. The predicted molar refractivity (Wildman–Crippen MR) is 157 cm³/mol. The number of amides is 1. The van der Waals surface area contributed by atoms with Crippen molar-refractivity contribution < 1.29 is 14.6 Å². The smallest absolute Gasteiger partial charge is 0.410 e. The highest BCUT2D eigenvalue weighted by Gasteiger charge is 2.27. The normalized spacial score (nSPS) is 14.8. The van der Waals surface area contributed by atoms with Gasteiger partial charge in [-0.25, -0.2) is 14.8 Å². The van der Waals surface area contributed by atoms with Crippen molar-refractivity contribution in [2.24, 2.45) is 0 Å². The number of benzene rings is 1. The number of H-pyrrole nitrogens is 2. The number of fused-ring (bicyclic) bond motifs is 1. The van der Waals surface area contributed by atoms with Crippen molar-refractivity contribution in [3.63, 3.8) is 0 Å². The van der Waals surface area contributed by atoms with Gasteiger partial charge in [0.15, 0.2) is 5.65 Å². The van der Waals surface area contributed by atoms with Gasteiger partial charge in [0, 0.05) is 43.9 Å². The average Bonchev–Trinajstić information content (AvgIpc) is 3.35. The number of hydrogen-bond acceptors (Lipinski definition) is 9. The third-order valence-corrected chi connectivity index (χ3v) is 6.87. The lowest BCUT2D eigenvalue weighted by Gasteiger charge is -2.35. The van der Waals surface area contributed by atoms with Crippen molar-refractivity contribution in [2.45, 2.75) is 39.4 Å². The highest BCUT2D eigenvalue weighted by molar-refractivity contribution is 6.30. The number of carbonyl (C=O) groups is 1. The number of piperazine rings is 1. The fourth-order valence-electron chi connectivity index (χ4n) is 4.60. The molecular formula is C28H33ClN8O4. The summed E-state index contributed by atoms with van der Waals surface area (Å²) >= 11 is 6.06. The molecule has 4 heterocycles. The molecule has 5 rings (SSSR count). The van der Waals surface area contributed by atoms with Crippen molar-refractivity contribution in [3.8, 4) is 11.4 Å². The summed E-state index contributed by atoms with van der Waals surface area (Å²) in [6, 6.07) is 8.70. The van der Waals surface area contributed by atoms with Crippen LogP contribution < -0.4 is 15.8 Å². The summed E-state index contributed by atoms with van der Waals surface area (Å²) in [6.07, 6.45) is 0.353. The van der Waals surface area contributed by atoms with Gasteiger partial charge in [-0.05, 0) is 51.5 Å². The van der Waals surface area contributed by atoms with Crippen LogP contribution in [0.25, 0.3) is 22.6 Å². The summed E-state index contributed by atoms with van der Waals surface area (Å²) in [5.41, 5.74) is 2.23. The molecule has 1 aliphatic rings. The number of carbonyl (C=O) groups excluding carboxylic acids is 1. The topological polar surface area (TPSA) is 152 Å². The molecule has 0 spiro atoms. The molecule has 12 nitrogen and oxygen atoms in total. The largest absolute Gasteiger partial charge is 0.444 e. The van der Waals surface area contributed by atoms with Crippen molar-refractivity contribution in [2.75, 3.05) is 42.9 Å². The van der Waals surface area contributed by atoms with Crippen LogP contribution in [0.15, 0.2) is 41.3 Å². The molecular weight excluding hydrogens is 548 g/mol. The number of pyridine rings is 1. The highest BCUT2D eigenvalue weighted by Crippen LogP contribution is 2.27. The van der Waals surface area contributed by atoms with E-state index in [-0.39, 0.29) is 23.8 Å². The Bertz CT molecular complexity index is 1620. The van der Waals surface area contributed by atoms with E-state index in [4.69, 9.17) is 21.3 Å². The van der Waals surface area contributed by atoms with Crippen LogP contribution in [-0.4, -0.2) is 79.3 Å². The first-order chi connectivity index (χ1) is 19.5. The number of aromatic amines is 2. The summed E-state index contributed by atoms with van der Waals surface area (Å²) in [4.78, 5) is 48.9. The molecule has 1 atom stereocenters. The molecule has 1 amide bonds. The second-order valence-electron chi connectivity index (χ2n) is 10.9. The fraction of sp³-hybridized carbons (Fsp3) is 0.393. The maximum absolute atomic E-state index is 12.9. The van der Waals surface area contributed by atoms with Crippen LogP contribution in [0.2, 0.25) is 5.02 Å². The average molecular weight is 581 g/mol. The lowest BCUT2D eigenvalue weighted by Crippen LogP contribution is -2.50. The van der Waals surface area contributed by atoms with Crippen molar-refractivity contribution in [1.29, 1.82) is 0 Å². The van der Waals surface area contributed by atoms with E-state index in [0.717, 1.165) is 0 Å². The van der Waals surface area contributed by atoms with Crippen LogP contribution in [0.3, 0.4) is 0 Å². The number of hydrogen-bond donors (Lipinski definition) is 4. The van der Waals surface area contributed by atoms with Gasteiger partial charge < -0.3 is 34.9 Å². The first-order valence-corrected chi connectivity index (χ1v) is 13.7. The molecule has 0 unspecified atom stereocenters. The Morgan fingerprint density at radius 1 is 1.17 bits per heavy atom. The number of nitrogens with one attached hydrogen (secondary N) is 3. The van der Waals surface area contributed by atoms with E-state index in [1.807, 2.05) is 32.6 Å². The monoisotopic (exact) mass is 580 g/mol. The summed E-state index contributed by atoms with van der Waals surface area (Å²) in [5.74, 6) is 0.838. The molecule has 4 aromatic rings. The van der Waals surface area contributed by atoms with Gasteiger partial charge in [-0.2, -0.15) is 4.98 Å². The summed E-state index contributed by atoms with van der Waals surface area (Å²) < 4.78 is 5.49. The Morgan fingerprint density at radius 3 is 2.63 bits per heavy atom. The van der Waals surface area contributed by atoms with Gasteiger partial charge in [-0.3, -0.25) is 4.79 Å². The number of aryl methyl sites for hydroxylation is 1. The molecule has 1 aromatic carbocycles. The minimum atomic E-state index is -0.844. The van der Waals surface area contributed by atoms with E-state index in [2.05, 4.69) is 25.3 Å². The van der Waals surface area contributed by atoms with Gasteiger partial charge in [0.05, 0.1) is 17.5 Å². The van der Waals surface area contributed by atoms with Gasteiger partial charge >= 0.3 is 6.09 Å². The van der Waals surface area contributed by atoms with Crippen molar-refractivity contribution in [3.05, 3.63) is 63.2 Å². The molecule has 0 saturated carbocycles. The third-order valence-electron chi connectivity index (χ3n) is 6.64. The number of aliphatic hydroxyl groups is 1. The number of anilines is 2. The SMILES string of the molecule is Cc1nc(N2CCN(C(=O)OC(C)(C)C)CC2)nc2[nH]c(-c3c(NC[C@@H](O)c4cccc(Cl)c4)cc[nH]c3=O)nc12. The molecule has 41 heavy (non-hydrogen) atoms. The van der Waals surface area contributed by atoms with Gasteiger partial charge in [0.2, 0.25) is 5.95 Å². The Hall–Kier alpha value is -4.16. The maximum atomic E-state index is 12.9. The van der Waals surface area contributed by atoms with E-state index in [9.17, 15) is 14.7 Å². The second kappa shape index (κ2) is 11.4. The fourth-order valence-corrected chi connectivity index (χ4v) is 4.80. The van der Waals surface area contributed by atoms with E-state index < -0.39 is 11.7 Å². The first-order valence-electron chi connectivity index (χ1n) is 13.3. The number of ether oxygens (including phenoxy) is 1. The summed E-state index contributed by atoms with van der Waals surface area (Å²) in [6.45, 7) is 9.59. The van der Waals surface area contributed by atoms with Crippen LogP contribution in [0.4, 0.5) is 16.4 Å². The second-order valence-corrected chi connectivity index (χ2v) is 11.3. The number of imidazole rings is 1. The summed E-state index contributed by atoms with van der Waals surface area (Å²) in [5, 5.41) is 14.3. The number of nitrogens with zero attached hydrogens (tertiary/aromatic N) is 5. The molecule has 0 radical (unpaired) electrons. The van der Waals surface area contributed by atoms with Crippen LogP contribution in [0, 0.1) is 6.92 Å².